The van der Waals surface area contributed by atoms with Gasteiger partial charge in [0.1, 0.15) is 5.72 Å². The minimum atomic E-state index is -1.01. The first-order chi connectivity index (χ1) is 20.5. The van der Waals surface area contributed by atoms with Crippen molar-refractivity contribution in [2.75, 3.05) is 0 Å². The Morgan fingerprint density at radius 2 is 0.571 bits per heavy atom. The molecule has 0 saturated heterocycles. The predicted molar refractivity (Wildman–Crippen MR) is 191 cm³/mol. The predicted octanol–water partition coefficient (Wildman–Crippen LogP) is 14.0. The van der Waals surface area contributed by atoms with Gasteiger partial charge in [-0.2, -0.15) is 0 Å². The Morgan fingerprint density at radius 3 is 0.762 bits per heavy atom. The zero-order valence-corrected chi connectivity index (χ0v) is 29.9. The van der Waals surface area contributed by atoms with Gasteiger partial charge in [-0.25, -0.2) is 0 Å². The first kappa shape index (κ1) is 41.9. The minimum absolute atomic E-state index is 0.600. The van der Waals surface area contributed by atoms with E-state index in [9.17, 15) is 5.11 Å². The molecule has 0 heterocycles. The SMILES string of the molecule is CCCCCCCCCCCCCCCCCCC(CCCCCCCCCCCCCCCCCC)CC(C)(N)O. The van der Waals surface area contributed by atoms with Crippen molar-refractivity contribution in [3.63, 3.8) is 0 Å². The van der Waals surface area contributed by atoms with Crippen LogP contribution in [-0.2, 0) is 0 Å². The van der Waals surface area contributed by atoms with Gasteiger partial charge in [-0.3, -0.25) is 0 Å². The Kier molecular flexibility index (Phi) is 33.7. The summed E-state index contributed by atoms with van der Waals surface area (Å²) in [7, 11) is 0. The summed E-state index contributed by atoms with van der Waals surface area (Å²) in [6.07, 6.45) is 48.8. The molecule has 254 valence electrons. The molecular formula is C40H83NO. The second-order valence-electron chi connectivity index (χ2n) is 14.6. The maximum Gasteiger partial charge on any atom is 0.110 e. The molecule has 0 radical (unpaired) electrons. The van der Waals surface area contributed by atoms with Crippen molar-refractivity contribution in [1.82, 2.24) is 0 Å². The van der Waals surface area contributed by atoms with Crippen molar-refractivity contribution in [1.29, 1.82) is 0 Å². The Labute approximate surface area is 267 Å². The van der Waals surface area contributed by atoms with Gasteiger partial charge in [0.05, 0.1) is 0 Å². The van der Waals surface area contributed by atoms with Crippen molar-refractivity contribution in [2.45, 2.75) is 251 Å². The number of unbranched alkanes of at least 4 members (excludes halogenated alkanes) is 30. The normalized spacial score (nSPS) is 13.3. The third kappa shape index (κ3) is 36.1. The van der Waals surface area contributed by atoms with E-state index in [0.29, 0.717) is 5.92 Å². The van der Waals surface area contributed by atoms with Crippen molar-refractivity contribution < 1.29 is 5.11 Å². The molecule has 2 heteroatoms. The lowest BCUT2D eigenvalue weighted by Gasteiger charge is -2.25. The molecule has 1 atom stereocenters. The Balaban J connectivity index is 3.57. The molecule has 0 saturated carbocycles. The molecule has 0 fully saturated rings. The summed E-state index contributed by atoms with van der Waals surface area (Å²) < 4.78 is 0. The lowest BCUT2D eigenvalue weighted by molar-refractivity contribution is 0.0364. The molecule has 0 aromatic rings. The van der Waals surface area contributed by atoms with Gasteiger partial charge in [0.2, 0.25) is 0 Å². The molecule has 0 spiro atoms. The molecule has 0 amide bonds. The van der Waals surface area contributed by atoms with Crippen molar-refractivity contribution in [2.24, 2.45) is 11.7 Å². The first-order valence-electron chi connectivity index (χ1n) is 20.0. The highest BCUT2D eigenvalue weighted by molar-refractivity contribution is 4.71. The Hall–Kier alpha value is -0.0800. The summed E-state index contributed by atoms with van der Waals surface area (Å²) in [5.74, 6) is 0.600. The van der Waals surface area contributed by atoms with Crippen LogP contribution in [0.25, 0.3) is 0 Å². The molecule has 0 rings (SSSR count). The van der Waals surface area contributed by atoms with Gasteiger partial charge in [-0.15, -0.1) is 0 Å². The van der Waals surface area contributed by atoms with Crippen molar-refractivity contribution >= 4 is 0 Å². The van der Waals surface area contributed by atoms with Gasteiger partial charge >= 0.3 is 0 Å². The number of hydrogen-bond donors (Lipinski definition) is 2. The van der Waals surface area contributed by atoms with E-state index < -0.39 is 5.72 Å². The van der Waals surface area contributed by atoms with Gasteiger partial charge in [0, 0.05) is 0 Å². The standard InChI is InChI=1S/C40H83NO/c1-4-6-8-10-12-14-16-18-20-22-24-26-28-30-32-34-36-39(38-40(3,41)42)37-35-33-31-29-27-25-23-21-19-17-15-13-11-9-7-5-2/h39,42H,4-38,41H2,1-3H3. The highest BCUT2D eigenvalue weighted by Crippen LogP contribution is 2.26. The molecule has 0 bridgehead atoms. The fraction of sp³-hybridized carbons (Fsp3) is 1.00. The van der Waals surface area contributed by atoms with Crippen LogP contribution in [0.15, 0.2) is 0 Å². The number of hydrogen-bond acceptors (Lipinski definition) is 2. The van der Waals surface area contributed by atoms with E-state index >= 15 is 0 Å². The summed E-state index contributed by atoms with van der Waals surface area (Å²) in [5.41, 5.74) is 5.01. The lowest BCUT2D eigenvalue weighted by Crippen LogP contribution is -2.37. The Morgan fingerprint density at radius 1 is 0.381 bits per heavy atom. The second kappa shape index (κ2) is 33.8. The van der Waals surface area contributed by atoms with Crippen LogP contribution >= 0.6 is 0 Å². The summed E-state index contributed by atoms with van der Waals surface area (Å²) in [5, 5.41) is 10.2. The molecule has 42 heavy (non-hydrogen) atoms. The fourth-order valence-electron chi connectivity index (χ4n) is 6.90. The average molecular weight is 594 g/mol. The molecule has 1 unspecified atom stereocenters. The summed E-state index contributed by atoms with van der Waals surface area (Å²) >= 11 is 0. The maximum absolute atomic E-state index is 10.2. The van der Waals surface area contributed by atoms with E-state index in [2.05, 4.69) is 13.8 Å². The fourth-order valence-corrected chi connectivity index (χ4v) is 6.90. The van der Waals surface area contributed by atoms with Gasteiger partial charge < -0.3 is 10.8 Å². The van der Waals surface area contributed by atoms with Gasteiger partial charge in [-0.05, 0) is 19.3 Å². The van der Waals surface area contributed by atoms with Crippen molar-refractivity contribution in [3.8, 4) is 0 Å². The zero-order chi connectivity index (χ0) is 30.8. The van der Waals surface area contributed by atoms with E-state index in [4.69, 9.17) is 5.73 Å². The van der Waals surface area contributed by atoms with Gasteiger partial charge in [-0.1, -0.05) is 232 Å². The smallest absolute Gasteiger partial charge is 0.110 e. The molecular weight excluding hydrogens is 510 g/mol. The van der Waals surface area contributed by atoms with Crippen LogP contribution in [0.3, 0.4) is 0 Å². The van der Waals surface area contributed by atoms with Crippen LogP contribution in [0.1, 0.15) is 245 Å². The number of aliphatic hydroxyl groups is 1. The third-order valence-electron chi connectivity index (χ3n) is 9.63. The molecule has 0 aliphatic rings. The third-order valence-corrected chi connectivity index (χ3v) is 9.63. The summed E-state index contributed by atoms with van der Waals surface area (Å²) in [6.45, 7) is 6.39. The first-order valence-corrected chi connectivity index (χ1v) is 20.0. The average Bonchev–Trinajstić information content (AvgIpc) is 2.95. The van der Waals surface area contributed by atoms with Gasteiger partial charge in [0.15, 0.2) is 0 Å². The zero-order valence-electron chi connectivity index (χ0n) is 29.9. The highest BCUT2D eigenvalue weighted by Gasteiger charge is 2.20. The molecule has 0 aliphatic carbocycles. The number of nitrogens with two attached hydrogens (primary N) is 1. The largest absolute Gasteiger partial charge is 0.376 e. The van der Waals surface area contributed by atoms with Crippen LogP contribution in [-0.4, -0.2) is 10.8 Å². The molecule has 3 N–H and O–H groups in total. The van der Waals surface area contributed by atoms with Gasteiger partial charge in [0.25, 0.3) is 0 Å². The highest BCUT2D eigenvalue weighted by atomic mass is 16.3. The molecule has 0 aromatic heterocycles. The van der Waals surface area contributed by atoms with Crippen LogP contribution in [0.5, 0.6) is 0 Å². The second-order valence-corrected chi connectivity index (χ2v) is 14.6. The topological polar surface area (TPSA) is 46.2 Å². The lowest BCUT2D eigenvalue weighted by atomic mass is 9.88. The van der Waals surface area contributed by atoms with Crippen LogP contribution < -0.4 is 5.73 Å². The van der Waals surface area contributed by atoms with E-state index in [1.165, 1.54) is 218 Å². The molecule has 0 aromatic carbocycles. The Bertz CT molecular complexity index is 449. The van der Waals surface area contributed by atoms with E-state index in [1.807, 2.05) is 0 Å². The minimum Gasteiger partial charge on any atom is -0.376 e. The quantitative estimate of drug-likeness (QED) is 0.0560. The van der Waals surface area contributed by atoms with Crippen LogP contribution in [0, 0.1) is 5.92 Å². The van der Waals surface area contributed by atoms with E-state index in [1.54, 1.807) is 6.92 Å². The van der Waals surface area contributed by atoms with E-state index in [-0.39, 0.29) is 0 Å². The monoisotopic (exact) mass is 594 g/mol. The van der Waals surface area contributed by atoms with E-state index in [0.717, 1.165) is 6.42 Å². The van der Waals surface area contributed by atoms with Crippen molar-refractivity contribution in [3.05, 3.63) is 0 Å². The molecule has 0 aliphatic heterocycles. The summed E-state index contributed by atoms with van der Waals surface area (Å²) in [4.78, 5) is 0. The van der Waals surface area contributed by atoms with Crippen LogP contribution in [0.2, 0.25) is 0 Å². The maximum atomic E-state index is 10.2. The number of rotatable bonds is 36. The molecule has 2 nitrogen and oxygen atoms in total. The summed E-state index contributed by atoms with van der Waals surface area (Å²) in [6, 6.07) is 0. The van der Waals surface area contributed by atoms with Crippen LogP contribution in [0.4, 0.5) is 0 Å².